The van der Waals surface area contributed by atoms with Crippen LogP contribution in [-0.2, 0) is 23.9 Å². The molecule has 1 aromatic rings. The summed E-state index contributed by atoms with van der Waals surface area (Å²) in [7, 11) is 0. The fourth-order valence-electron chi connectivity index (χ4n) is 3.69. The summed E-state index contributed by atoms with van der Waals surface area (Å²) in [6.07, 6.45) is 0.200. The van der Waals surface area contributed by atoms with Gasteiger partial charge in [0.15, 0.2) is 5.41 Å². The summed E-state index contributed by atoms with van der Waals surface area (Å²) in [6.45, 7) is 3.95. The number of fused-ring (bicyclic) bond motifs is 1. The van der Waals surface area contributed by atoms with Crippen LogP contribution in [0.4, 0.5) is 4.39 Å². The van der Waals surface area contributed by atoms with E-state index in [2.05, 4.69) is 5.16 Å². The van der Waals surface area contributed by atoms with Gasteiger partial charge in [-0.2, -0.15) is 0 Å². The van der Waals surface area contributed by atoms with E-state index in [1.807, 2.05) is 0 Å². The van der Waals surface area contributed by atoms with Crippen LogP contribution in [0.2, 0.25) is 0 Å². The Morgan fingerprint density at radius 2 is 1.80 bits per heavy atom. The van der Waals surface area contributed by atoms with Crippen LogP contribution < -0.4 is 0 Å². The quantitative estimate of drug-likeness (QED) is 0.603. The first kappa shape index (κ1) is 17.4. The van der Waals surface area contributed by atoms with Crippen molar-refractivity contribution in [3.05, 3.63) is 35.6 Å². The van der Waals surface area contributed by atoms with E-state index in [4.69, 9.17) is 14.3 Å². The number of hydrogen-bond donors (Lipinski definition) is 0. The Labute approximate surface area is 144 Å². The molecule has 0 radical (unpaired) electrons. The topological polar surface area (TPSA) is 74.2 Å². The van der Waals surface area contributed by atoms with E-state index in [0.717, 1.165) is 0 Å². The Balaban J connectivity index is 2.14. The van der Waals surface area contributed by atoms with Crippen molar-refractivity contribution < 1.29 is 28.3 Å². The van der Waals surface area contributed by atoms with Gasteiger partial charge in [0.1, 0.15) is 12.4 Å². The first-order valence-corrected chi connectivity index (χ1v) is 8.34. The first-order chi connectivity index (χ1) is 12.0. The lowest BCUT2D eigenvalue weighted by molar-refractivity contribution is -0.173. The number of esters is 2. The molecule has 0 bridgehead atoms. The van der Waals surface area contributed by atoms with Gasteiger partial charge in [0.05, 0.1) is 24.8 Å². The van der Waals surface area contributed by atoms with Crippen molar-refractivity contribution in [3.8, 4) is 0 Å². The van der Waals surface area contributed by atoms with Crippen molar-refractivity contribution >= 4 is 17.7 Å². The molecular weight excluding hydrogens is 329 g/mol. The zero-order chi connectivity index (χ0) is 18.0. The summed E-state index contributed by atoms with van der Waals surface area (Å²) in [5, 5.41) is 4.07. The molecule has 0 saturated heterocycles. The Kier molecular flexibility index (Phi) is 4.74. The average Bonchev–Trinajstić information content (AvgIpc) is 3.15. The molecule has 7 heteroatoms. The Bertz CT molecular complexity index is 682. The van der Waals surface area contributed by atoms with Gasteiger partial charge in [-0.15, -0.1) is 0 Å². The van der Waals surface area contributed by atoms with Crippen LogP contribution in [0.25, 0.3) is 0 Å². The molecule has 25 heavy (non-hydrogen) atoms. The molecule has 2 aliphatic rings. The normalized spacial score (nSPS) is 23.4. The van der Waals surface area contributed by atoms with Crippen molar-refractivity contribution in [2.45, 2.75) is 26.2 Å². The summed E-state index contributed by atoms with van der Waals surface area (Å²) >= 11 is 0. The molecule has 0 amide bonds. The zero-order valence-corrected chi connectivity index (χ0v) is 14.2. The molecule has 134 valence electrons. The molecule has 1 aliphatic carbocycles. The highest BCUT2D eigenvalue weighted by Gasteiger charge is 2.65. The molecule has 2 atom stereocenters. The lowest BCUT2D eigenvalue weighted by Gasteiger charge is -2.31. The predicted octanol–water partition coefficient (Wildman–Crippen LogP) is 2.43. The van der Waals surface area contributed by atoms with Gasteiger partial charge in [0.25, 0.3) is 0 Å². The molecule has 0 unspecified atom stereocenters. The van der Waals surface area contributed by atoms with Gasteiger partial charge in [-0.05, 0) is 38.0 Å². The third kappa shape index (κ3) is 2.77. The standard InChI is InChI=1S/C18H20FNO5/c1-3-23-16(21)18(17(22)24-4-2)9-12-10-25-20-15(12)14(18)11-5-7-13(19)8-6-11/h5-8,12,14H,3-4,9-10H2,1-2H3/t12-,14-/m1/s1. The third-order valence-electron chi connectivity index (χ3n) is 4.70. The van der Waals surface area contributed by atoms with Gasteiger partial charge in [-0.3, -0.25) is 9.59 Å². The van der Waals surface area contributed by atoms with Crippen LogP contribution in [0.3, 0.4) is 0 Å². The van der Waals surface area contributed by atoms with Gasteiger partial charge >= 0.3 is 11.9 Å². The van der Waals surface area contributed by atoms with E-state index < -0.39 is 29.1 Å². The number of benzene rings is 1. The lowest BCUT2D eigenvalue weighted by atomic mass is 9.73. The second kappa shape index (κ2) is 6.82. The van der Waals surface area contributed by atoms with Crippen LogP contribution >= 0.6 is 0 Å². The monoisotopic (exact) mass is 349 g/mol. The van der Waals surface area contributed by atoms with Gasteiger partial charge in [-0.1, -0.05) is 17.3 Å². The number of hydrogen-bond acceptors (Lipinski definition) is 6. The van der Waals surface area contributed by atoms with Crippen molar-refractivity contribution in [1.82, 2.24) is 0 Å². The Morgan fingerprint density at radius 1 is 1.20 bits per heavy atom. The van der Waals surface area contributed by atoms with E-state index in [1.165, 1.54) is 12.1 Å². The molecule has 6 nitrogen and oxygen atoms in total. The minimum Gasteiger partial charge on any atom is -0.465 e. The third-order valence-corrected chi connectivity index (χ3v) is 4.70. The maximum Gasteiger partial charge on any atom is 0.324 e. The fraction of sp³-hybridized carbons (Fsp3) is 0.500. The summed E-state index contributed by atoms with van der Waals surface area (Å²) < 4.78 is 23.8. The molecule has 0 N–H and O–H groups in total. The van der Waals surface area contributed by atoms with Crippen molar-refractivity contribution in [3.63, 3.8) is 0 Å². The van der Waals surface area contributed by atoms with E-state index in [-0.39, 0.29) is 25.6 Å². The fourth-order valence-corrected chi connectivity index (χ4v) is 3.69. The SMILES string of the molecule is CCOC(=O)C1(C(=O)OCC)C[C@@H]2CON=C2[C@H]1c1ccc(F)cc1. The molecule has 1 fully saturated rings. The summed E-state index contributed by atoms with van der Waals surface area (Å²) in [4.78, 5) is 30.9. The van der Waals surface area contributed by atoms with Gasteiger partial charge in [0, 0.05) is 5.92 Å². The summed E-state index contributed by atoms with van der Waals surface area (Å²) in [6, 6.07) is 5.69. The van der Waals surface area contributed by atoms with Crippen LogP contribution in [0.15, 0.2) is 29.4 Å². The van der Waals surface area contributed by atoms with Gasteiger partial charge < -0.3 is 14.3 Å². The number of nitrogens with zero attached hydrogens (tertiary/aromatic N) is 1. The Hall–Kier alpha value is -2.44. The molecule has 3 rings (SSSR count). The minimum absolute atomic E-state index is 0.143. The molecule has 1 heterocycles. The second-order valence-electron chi connectivity index (χ2n) is 6.11. The van der Waals surface area contributed by atoms with E-state index in [9.17, 15) is 14.0 Å². The van der Waals surface area contributed by atoms with E-state index in [1.54, 1.807) is 26.0 Å². The van der Waals surface area contributed by atoms with Gasteiger partial charge in [-0.25, -0.2) is 4.39 Å². The van der Waals surface area contributed by atoms with E-state index in [0.29, 0.717) is 17.9 Å². The molecule has 1 aliphatic heterocycles. The second-order valence-corrected chi connectivity index (χ2v) is 6.11. The zero-order valence-electron chi connectivity index (χ0n) is 14.2. The summed E-state index contributed by atoms with van der Waals surface area (Å²) in [5.41, 5.74) is -0.320. The highest BCUT2D eigenvalue weighted by atomic mass is 19.1. The van der Waals surface area contributed by atoms with Crippen LogP contribution in [0, 0.1) is 17.2 Å². The number of ether oxygens (including phenoxy) is 2. The van der Waals surface area contributed by atoms with Crippen LogP contribution in [-0.4, -0.2) is 37.5 Å². The average molecular weight is 349 g/mol. The number of rotatable bonds is 5. The molecular formula is C18H20FNO5. The highest BCUT2D eigenvalue weighted by Crippen LogP contribution is 2.53. The van der Waals surface area contributed by atoms with Crippen molar-refractivity contribution in [1.29, 1.82) is 0 Å². The number of oxime groups is 1. The predicted molar refractivity (Wildman–Crippen MR) is 86.3 cm³/mol. The number of halogens is 1. The van der Waals surface area contributed by atoms with Crippen LogP contribution in [0.5, 0.6) is 0 Å². The Morgan fingerprint density at radius 3 is 2.36 bits per heavy atom. The lowest BCUT2D eigenvalue weighted by Crippen LogP contribution is -2.45. The van der Waals surface area contributed by atoms with Crippen molar-refractivity contribution in [2.24, 2.45) is 16.5 Å². The first-order valence-electron chi connectivity index (χ1n) is 8.34. The number of carbonyl (C=O) groups is 2. The van der Waals surface area contributed by atoms with Gasteiger partial charge in [0.2, 0.25) is 0 Å². The molecule has 1 aromatic carbocycles. The maximum absolute atomic E-state index is 13.4. The van der Waals surface area contributed by atoms with E-state index >= 15 is 0 Å². The maximum atomic E-state index is 13.4. The van der Waals surface area contributed by atoms with Crippen molar-refractivity contribution in [2.75, 3.05) is 19.8 Å². The smallest absolute Gasteiger partial charge is 0.324 e. The summed E-state index contributed by atoms with van der Waals surface area (Å²) in [5.74, 6) is -2.55. The molecule has 0 spiro atoms. The highest BCUT2D eigenvalue weighted by molar-refractivity contribution is 6.12. The molecule has 0 aromatic heterocycles. The number of carbonyl (C=O) groups excluding carboxylic acids is 2. The minimum atomic E-state index is -1.53. The van der Waals surface area contributed by atoms with Crippen LogP contribution in [0.1, 0.15) is 31.7 Å². The molecule has 1 saturated carbocycles. The largest absolute Gasteiger partial charge is 0.465 e.